The van der Waals surface area contributed by atoms with Gasteiger partial charge in [0.1, 0.15) is 0 Å². The maximum Gasteiger partial charge on any atom is 0.153 e. The Balaban J connectivity index is 1.25. The van der Waals surface area contributed by atoms with Gasteiger partial charge in [-0.1, -0.05) is 18.2 Å². The smallest absolute Gasteiger partial charge is 0.153 e. The van der Waals surface area contributed by atoms with E-state index in [0.717, 1.165) is 51.6 Å². The van der Waals surface area contributed by atoms with Crippen LogP contribution in [0.5, 0.6) is 0 Å². The Hall–Kier alpha value is -4.96. The van der Waals surface area contributed by atoms with Crippen molar-refractivity contribution in [3.8, 4) is 17.5 Å². The van der Waals surface area contributed by atoms with E-state index in [9.17, 15) is 0 Å². The number of pyridine rings is 3. The summed E-state index contributed by atoms with van der Waals surface area (Å²) >= 11 is 0. The number of hydrogen-bond donors (Lipinski definition) is 0. The molecule has 0 radical (unpaired) electrons. The molecule has 0 saturated heterocycles. The van der Waals surface area contributed by atoms with Crippen molar-refractivity contribution in [1.29, 1.82) is 0 Å². The Morgan fingerprint density at radius 3 is 1.10 bits per heavy atom. The number of rotatable bonds is 9. The number of nitrogens with zero attached hydrogens (tertiary/aromatic N) is 10. The van der Waals surface area contributed by atoms with E-state index in [0.29, 0.717) is 19.6 Å². The summed E-state index contributed by atoms with van der Waals surface area (Å²) in [6.07, 6.45) is 5.85. The molecule has 0 spiro atoms. The Bertz CT molecular complexity index is 1540. The molecule has 6 aromatic rings. The van der Waals surface area contributed by atoms with Gasteiger partial charge in [0.15, 0.2) is 17.5 Å². The second-order valence-corrected chi connectivity index (χ2v) is 9.81. The van der Waals surface area contributed by atoms with Crippen molar-refractivity contribution < 1.29 is 0 Å². The fourth-order valence-corrected chi connectivity index (χ4v) is 4.54. The first kappa shape index (κ1) is 25.3. The van der Waals surface area contributed by atoms with Crippen LogP contribution < -0.4 is 0 Å². The van der Waals surface area contributed by atoms with Crippen LogP contribution in [0.4, 0.5) is 0 Å². The zero-order valence-electron chi connectivity index (χ0n) is 22.8. The summed E-state index contributed by atoms with van der Waals surface area (Å²) < 4.78 is 5.45. The van der Waals surface area contributed by atoms with Gasteiger partial charge in [0.25, 0.3) is 0 Å². The lowest BCUT2D eigenvalue weighted by molar-refractivity contribution is 0.237. The summed E-state index contributed by atoms with van der Waals surface area (Å²) in [4.78, 5) is 16.1. The molecule has 0 bridgehead atoms. The summed E-state index contributed by atoms with van der Waals surface area (Å²) in [5.41, 5.74) is 5.66. The first-order valence-corrected chi connectivity index (χ1v) is 13.2. The third-order valence-corrected chi connectivity index (χ3v) is 6.41. The van der Waals surface area contributed by atoms with E-state index in [2.05, 4.69) is 19.9 Å². The Morgan fingerprint density at radius 1 is 0.475 bits per heavy atom. The highest BCUT2D eigenvalue weighted by Crippen LogP contribution is 2.15. The highest BCUT2D eigenvalue weighted by atomic mass is 15.3. The Labute approximate surface area is 232 Å². The predicted molar refractivity (Wildman–Crippen MR) is 151 cm³/mol. The van der Waals surface area contributed by atoms with E-state index in [1.165, 1.54) is 0 Å². The Kier molecular flexibility index (Phi) is 6.98. The van der Waals surface area contributed by atoms with Crippen molar-refractivity contribution in [1.82, 2.24) is 49.2 Å². The van der Waals surface area contributed by atoms with Gasteiger partial charge in [-0.3, -0.25) is 4.90 Å². The van der Waals surface area contributed by atoms with Crippen LogP contribution in [0.2, 0.25) is 0 Å². The van der Waals surface area contributed by atoms with E-state index in [1.54, 1.807) is 0 Å². The second-order valence-electron chi connectivity index (χ2n) is 9.81. The van der Waals surface area contributed by atoms with Crippen LogP contribution >= 0.6 is 0 Å². The minimum absolute atomic E-state index is 0.615. The van der Waals surface area contributed by atoms with Gasteiger partial charge in [-0.2, -0.15) is 15.3 Å². The van der Waals surface area contributed by atoms with Crippen molar-refractivity contribution in [2.75, 3.05) is 0 Å². The predicted octanol–water partition coefficient (Wildman–Crippen LogP) is 4.56. The minimum atomic E-state index is 0.615. The fraction of sp³-hybridized carbons (Fsp3) is 0.200. The van der Waals surface area contributed by atoms with Crippen molar-refractivity contribution in [2.24, 2.45) is 0 Å². The molecule has 0 atom stereocenters. The van der Waals surface area contributed by atoms with Gasteiger partial charge in [0.05, 0.1) is 17.1 Å². The maximum atomic E-state index is 4.81. The quantitative estimate of drug-likeness (QED) is 0.270. The number of aryl methyl sites for hydroxylation is 3. The SMILES string of the molecule is Cc1cccc(-n2ccc(CN(Cc3ccn(-c4cccc(C)n4)n3)Cc3ccn(-c4cccc(C)n4)n3)n2)n1. The molecule has 0 aliphatic heterocycles. The van der Waals surface area contributed by atoms with Crippen LogP contribution in [0.1, 0.15) is 34.2 Å². The molecule has 6 heterocycles. The van der Waals surface area contributed by atoms with Gasteiger partial charge in [-0.15, -0.1) is 0 Å². The summed E-state index contributed by atoms with van der Waals surface area (Å²) in [7, 11) is 0. The average Bonchev–Trinajstić information content (AvgIpc) is 3.71. The van der Waals surface area contributed by atoms with Crippen LogP contribution in [0.25, 0.3) is 17.5 Å². The molecule has 0 unspecified atom stereocenters. The normalized spacial score (nSPS) is 11.4. The maximum absolute atomic E-state index is 4.81. The summed E-state index contributed by atoms with van der Waals surface area (Å²) in [6.45, 7) is 7.78. The molecular formula is C30H30N10. The molecular weight excluding hydrogens is 500 g/mol. The summed E-state index contributed by atoms with van der Waals surface area (Å²) in [6, 6.07) is 23.9. The lowest BCUT2D eigenvalue weighted by atomic mass is 10.3. The molecule has 40 heavy (non-hydrogen) atoms. The summed E-state index contributed by atoms with van der Waals surface area (Å²) in [5, 5.41) is 14.4. The standard InChI is InChI=1S/C30H30N10/c1-22-7-4-10-28(31-22)38-16-13-25(34-38)19-37(20-26-14-17-39(35-26)29-11-5-8-23(2)32-29)21-27-15-18-40(36-27)30-12-6-9-24(3)33-30/h4-18H,19-21H2,1-3H3. The fourth-order valence-electron chi connectivity index (χ4n) is 4.54. The van der Waals surface area contributed by atoms with Gasteiger partial charge in [0.2, 0.25) is 0 Å². The van der Waals surface area contributed by atoms with E-state index in [-0.39, 0.29) is 0 Å². The zero-order valence-corrected chi connectivity index (χ0v) is 22.8. The average molecular weight is 531 g/mol. The third kappa shape index (κ3) is 5.87. The lowest BCUT2D eigenvalue weighted by Gasteiger charge is -2.19. The largest absolute Gasteiger partial charge is 0.286 e. The van der Waals surface area contributed by atoms with Gasteiger partial charge >= 0.3 is 0 Å². The topological polar surface area (TPSA) is 95.4 Å². The number of hydrogen-bond acceptors (Lipinski definition) is 7. The molecule has 6 rings (SSSR count). The second kappa shape index (κ2) is 11.0. The van der Waals surface area contributed by atoms with E-state index >= 15 is 0 Å². The number of aromatic nitrogens is 9. The van der Waals surface area contributed by atoms with E-state index < -0.39 is 0 Å². The third-order valence-electron chi connectivity index (χ3n) is 6.41. The van der Waals surface area contributed by atoms with Crippen LogP contribution in [0.15, 0.2) is 91.4 Å². The molecule has 10 nitrogen and oxygen atoms in total. The van der Waals surface area contributed by atoms with Crippen molar-refractivity contribution in [3.05, 3.63) is 126 Å². The summed E-state index contributed by atoms with van der Waals surface area (Å²) in [5.74, 6) is 2.39. The van der Waals surface area contributed by atoms with Crippen LogP contribution in [0.3, 0.4) is 0 Å². The monoisotopic (exact) mass is 530 g/mol. The Morgan fingerprint density at radius 2 is 0.800 bits per heavy atom. The van der Waals surface area contributed by atoms with Gasteiger partial charge in [-0.05, 0) is 75.4 Å². The van der Waals surface area contributed by atoms with Crippen molar-refractivity contribution in [3.63, 3.8) is 0 Å². The van der Waals surface area contributed by atoms with Crippen molar-refractivity contribution in [2.45, 2.75) is 40.4 Å². The first-order chi connectivity index (χ1) is 19.5. The molecule has 0 aliphatic rings. The molecule has 0 N–H and O–H groups in total. The molecule has 0 aliphatic carbocycles. The zero-order chi connectivity index (χ0) is 27.5. The molecule has 0 amide bonds. The minimum Gasteiger partial charge on any atom is -0.286 e. The van der Waals surface area contributed by atoms with Gasteiger partial charge in [-0.25, -0.2) is 29.0 Å². The van der Waals surface area contributed by atoms with Gasteiger partial charge in [0, 0.05) is 55.3 Å². The first-order valence-electron chi connectivity index (χ1n) is 13.2. The molecule has 6 aromatic heterocycles. The van der Waals surface area contributed by atoms with E-state index in [4.69, 9.17) is 15.3 Å². The molecule has 10 heteroatoms. The highest BCUT2D eigenvalue weighted by molar-refractivity contribution is 5.26. The van der Waals surface area contributed by atoms with Crippen LogP contribution in [0, 0.1) is 20.8 Å². The van der Waals surface area contributed by atoms with Gasteiger partial charge < -0.3 is 0 Å². The molecule has 0 aromatic carbocycles. The van der Waals surface area contributed by atoms with Crippen LogP contribution in [-0.4, -0.2) is 49.2 Å². The molecule has 0 fully saturated rings. The van der Waals surface area contributed by atoms with E-state index in [1.807, 2.05) is 126 Å². The highest BCUT2D eigenvalue weighted by Gasteiger charge is 2.15. The molecule has 0 saturated carbocycles. The lowest BCUT2D eigenvalue weighted by Crippen LogP contribution is -2.23. The van der Waals surface area contributed by atoms with Crippen LogP contribution in [-0.2, 0) is 19.6 Å². The molecule has 200 valence electrons. The van der Waals surface area contributed by atoms with Crippen molar-refractivity contribution >= 4 is 0 Å².